The Morgan fingerprint density at radius 3 is 3.10 bits per heavy atom. The summed E-state index contributed by atoms with van der Waals surface area (Å²) >= 11 is 3.04. The fourth-order valence-corrected chi connectivity index (χ4v) is 5.16. The fourth-order valence-electron chi connectivity index (χ4n) is 2.45. The molecule has 0 saturated heterocycles. The average molecular weight is 311 g/mol. The summed E-state index contributed by atoms with van der Waals surface area (Å²) in [5, 5.41) is 15.9. The van der Waals surface area contributed by atoms with Crippen molar-refractivity contribution in [3.63, 3.8) is 0 Å². The molecule has 1 fully saturated rings. The summed E-state index contributed by atoms with van der Waals surface area (Å²) in [5.41, 5.74) is 6.97. The lowest BCUT2D eigenvalue weighted by atomic mass is 9.73. The minimum Gasteiger partial charge on any atom is -0.478 e. The molecule has 2 aliphatic rings. The smallest absolute Gasteiger partial charge is 0.333 e. The second kappa shape index (κ2) is 5.27. The fraction of sp³-hybridized carbons (Fsp3) is 0.417. The van der Waals surface area contributed by atoms with Crippen LogP contribution in [0.3, 0.4) is 0 Å². The van der Waals surface area contributed by atoms with E-state index in [-0.39, 0.29) is 16.6 Å². The van der Waals surface area contributed by atoms with Gasteiger partial charge in [-0.05, 0) is 0 Å². The van der Waals surface area contributed by atoms with E-state index >= 15 is 0 Å². The van der Waals surface area contributed by atoms with Crippen LogP contribution in [0.4, 0.5) is 0 Å². The first kappa shape index (κ1) is 13.7. The predicted molar refractivity (Wildman–Crippen MR) is 77.3 cm³/mol. The van der Waals surface area contributed by atoms with E-state index in [1.807, 2.05) is 0 Å². The number of hydrogen-bond acceptors (Lipinski definition) is 6. The van der Waals surface area contributed by atoms with Crippen molar-refractivity contribution in [2.75, 3.05) is 5.75 Å². The highest BCUT2D eigenvalue weighted by atomic mass is 32.2. The molecule has 6 nitrogen and oxygen atoms in total. The van der Waals surface area contributed by atoms with Crippen LogP contribution in [0.25, 0.3) is 0 Å². The molecular weight excluding hydrogens is 298 g/mol. The van der Waals surface area contributed by atoms with Gasteiger partial charge in [0.1, 0.15) is 0 Å². The number of carbonyl (C=O) groups excluding carboxylic acids is 1. The number of carbonyl (C=O) groups is 2. The van der Waals surface area contributed by atoms with Gasteiger partial charge in [0.2, 0.25) is 0 Å². The molecule has 20 heavy (non-hydrogen) atoms. The monoisotopic (exact) mass is 311 g/mol. The molecule has 8 heteroatoms. The third kappa shape index (κ3) is 2.17. The third-order valence-corrected chi connectivity index (χ3v) is 6.31. The molecule has 1 aromatic rings. The van der Waals surface area contributed by atoms with Gasteiger partial charge in [-0.2, -0.15) is 16.9 Å². The zero-order chi connectivity index (χ0) is 14.3. The Morgan fingerprint density at radius 1 is 1.65 bits per heavy atom. The van der Waals surface area contributed by atoms with Crippen LogP contribution in [0.5, 0.6) is 0 Å². The molecule has 1 aliphatic heterocycles. The van der Waals surface area contributed by atoms with E-state index in [0.29, 0.717) is 11.5 Å². The maximum atomic E-state index is 11.8. The molecule has 1 aromatic heterocycles. The number of carboxylic acids is 1. The Kier molecular flexibility index (Phi) is 3.61. The van der Waals surface area contributed by atoms with Gasteiger partial charge in [0.15, 0.2) is 5.78 Å². The van der Waals surface area contributed by atoms with Crippen LogP contribution in [0, 0.1) is 5.92 Å². The molecule has 0 bridgehead atoms. The van der Waals surface area contributed by atoms with Gasteiger partial charge < -0.3 is 10.8 Å². The van der Waals surface area contributed by atoms with Crippen LogP contribution in [0.15, 0.2) is 22.9 Å². The highest BCUT2D eigenvalue weighted by Gasteiger charge is 2.54. The number of thioether (sulfide) groups is 2. The number of Topliss-reactive ketones (excluding diaryl/α,β-unsaturated/α-hetero) is 1. The standard InChI is InChI=1S/C12H13N3O3S2/c13-9-10(16)8-7(12(17)18)6(4-20-11(8)9)19-3-5-1-14-15-2-5/h1-2,8-9,11H,3-4,13H2,(H,14,15)(H,17,18)/t8?,9-,11+/m1/s1. The van der Waals surface area contributed by atoms with Gasteiger partial charge in [0.25, 0.3) is 0 Å². The lowest BCUT2D eigenvalue weighted by Gasteiger charge is -2.44. The number of aromatic amines is 1. The van der Waals surface area contributed by atoms with Gasteiger partial charge in [0.05, 0.1) is 23.7 Å². The molecule has 0 spiro atoms. The molecule has 0 radical (unpaired) electrons. The summed E-state index contributed by atoms with van der Waals surface area (Å²) < 4.78 is 0. The highest BCUT2D eigenvalue weighted by molar-refractivity contribution is 8.05. The summed E-state index contributed by atoms with van der Waals surface area (Å²) in [6.45, 7) is 0. The Hall–Kier alpha value is -1.25. The number of H-pyrrole nitrogens is 1. The zero-order valence-corrected chi connectivity index (χ0v) is 12.0. The van der Waals surface area contributed by atoms with Crippen molar-refractivity contribution in [2.45, 2.75) is 17.0 Å². The summed E-state index contributed by atoms with van der Waals surface area (Å²) in [6.07, 6.45) is 3.48. The number of aromatic nitrogens is 2. The van der Waals surface area contributed by atoms with E-state index in [4.69, 9.17) is 5.73 Å². The number of hydrogen-bond donors (Lipinski definition) is 3. The van der Waals surface area contributed by atoms with Crippen molar-refractivity contribution in [1.82, 2.24) is 10.2 Å². The Labute approximate surface area is 123 Å². The first-order chi connectivity index (χ1) is 9.59. The van der Waals surface area contributed by atoms with Crippen LogP contribution in [-0.4, -0.2) is 44.1 Å². The van der Waals surface area contributed by atoms with E-state index < -0.39 is 17.9 Å². The Bertz CT molecular complexity index is 585. The first-order valence-electron chi connectivity index (χ1n) is 6.07. The number of nitrogens with zero attached hydrogens (tertiary/aromatic N) is 1. The molecule has 1 saturated carbocycles. The molecule has 2 heterocycles. The summed E-state index contributed by atoms with van der Waals surface area (Å²) in [4.78, 5) is 24.1. The molecule has 0 aromatic carbocycles. The number of carboxylic acid groups (broad SMARTS) is 1. The zero-order valence-electron chi connectivity index (χ0n) is 10.4. The molecule has 1 unspecified atom stereocenters. The summed E-state index contributed by atoms with van der Waals surface area (Å²) in [7, 11) is 0. The van der Waals surface area contributed by atoms with Gasteiger partial charge in [-0.1, -0.05) is 0 Å². The number of aliphatic carboxylic acids is 1. The summed E-state index contributed by atoms with van der Waals surface area (Å²) in [5.74, 6) is -0.447. The van der Waals surface area contributed by atoms with E-state index in [1.54, 1.807) is 24.2 Å². The topological polar surface area (TPSA) is 109 Å². The minimum atomic E-state index is -1.00. The van der Waals surface area contributed by atoms with E-state index in [2.05, 4.69) is 10.2 Å². The van der Waals surface area contributed by atoms with Gasteiger partial charge in [-0.3, -0.25) is 9.89 Å². The van der Waals surface area contributed by atoms with Crippen molar-refractivity contribution in [3.05, 3.63) is 28.4 Å². The van der Waals surface area contributed by atoms with Crippen molar-refractivity contribution < 1.29 is 14.7 Å². The summed E-state index contributed by atoms with van der Waals surface area (Å²) in [6, 6.07) is -0.514. The van der Waals surface area contributed by atoms with Gasteiger partial charge in [-0.25, -0.2) is 4.79 Å². The van der Waals surface area contributed by atoms with Crippen molar-refractivity contribution in [2.24, 2.45) is 11.7 Å². The molecule has 3 rings (SSSR count). The van der Waals surface area contributed by atoms with Crippen molar-refractivity contribution in [3.8, 4) is 0 Å². The number of ketones is 1. The maximum absolute atomic E-state index is 11.8. The van der Waals surface area contributed by atoms with E-state index in [9.17, 15) is 14.7 Å². The second-order valence-electron chi connectivity index (χ2n) is 4.72. The number of rotatable bonds is 4. The van der Waals surface area contributed by atoms with Crippen molar-refractivity contribution in [1.29, 1.82) is 0 Å². The second-order valence-corrected chi connectivity index (χ2v) is 6.96. The lowest BCUT2D eigenvalue weighted by Crippen LogP contribution is -2.62. The normalized spacial score (nSPS) is 29.1. The average Bonchev–Trinajstić information content (AvgIpc) is 2.96. The van der Waals surface area contributed by atoms with Crippen LogP contribution >= 0.6 is 23.5 Å². The number of nitrogens with two attached hydrogens (primary N) is 1. The Morgan fingerprint density at radius 2 is 2.45 bits per heavy atom. The lowest BCUT2D eigenvalue weighted by molar-refractivity contribution is -0.137. The third-order valence-electron chi connectivity index (χ3n) is 3.53. The maximum Gasteiger partial charge on any atom is 0.333 e. The van der Waals surface area contributed by atoms with Crippen LogP contribution in [-0.2, 0) is 15.3 Å². The van der Waals surface area contributed by atoms with E-state index in [1.165, 1.54) is 11.8 Å². The molecule has 0 amide bonds. The van der Waals surface area contributed by atoms with Crippen LogP contribution < -0.4 is 5.73 Å². The first-order valence-corrected chi connectivity index (χ1v) is 8.10. The van der Waals surface area contributed by atoms with Gasteiger partial charge in [-0.15, -0.1) is 11.8 Å². The molecule has 1 aliphatic carbocycles. The van der Waals surface area contributed by atoms with Gasteiger partial charge in [0, 0.05) is 33.4 Å². The van der Waals surface area contributed by atoms with Crippen LogP contribution in [0.1, 0.15) is 5.56 Å². The molecule has 106 valence electrons. The molecule has 3 atom stereocenters. The number of nitrogens with one attached hydrogen (secondary N) is 1. The van der Waals surface area contributed by atoms with Crippen molar-refractivity contribution >= 4 is 35.3 Å². The minimum absolute atomic E-state index is 0.0770. The van der Waals surface area contributed by atoms with E-state index in [0.717, 1.165) is 10.5 Å². The molecule has 4 N–H and O–H groups in total. The van der Waals surface area contributed by atoms with Gasteiger partial charge >= 0.3 is 5.97 Å². The molecular formula is C12H13N3O3S2. The largest absolute Gasteiger partial charge is 0.478 e. The number of fused-ring (bicyclic) bond motifs is 1. The quantitative estimate of drug-likeness (QED) is 0.748. The highest BCUT2D eigenvalue weighted by Crippen LogP contribution is 2.47. The van der Waals surface area contributed by atoms with Crippen LogP contribution in [0.2, 0.25) is 0 Å². The Balaban J connectivity index is 1.82. The predicted octanol–water partition coefficient (Wildman–Crippen LogP) is 0.623. The SMILES string of the molecule is N[C@@H]1C(=O)C2C(C(=O)O)=C(SCc3cn[nH]c3)CS[C@@H]21.